The largest absolute Gasteiger partial charge is 0.490 e. The van der Waals surface area contributed by atoms with Crippen molar-refractivity contribution in [1.82, 2.24) is 9.62 Å². The first-order chi connectivity index (χ1) is 19.8. The second kappa shape index (κ2) is 11.9. The number of sulfonamides is 1. The highest BCUT2D eigenvalue weighted by atomic mass is 35.5. The van der Waals surface area contributed by atoms with Gasteiger partial charge in [0.2, 0.25) is 10.0 Å². The molecule has 0 fully saturated rings. The van der Waals surface area contributed by atoms with Crippen molar-refractivity contribution in [2.24, 2.45) is 4.99 Å². The molecule has 4 rings (SSSR count). The second-order valence-corrected chi connectivity index (χ2v) is 15.2. The van der Waals surface area contributed by atoms with Crippen molar-refractivity contribution in [2.75, 3.05) is 0 Å². The summed E-state index contributed by atoms with van der Waals surface area (Å²) in [5.74, 6) is 0.338. The molecule has 230 valence electrons. The minimum Gasteiger partial charge on any atom is -0.490 e. The predicted molar refractivity (Wildman–Crippen MR) is 175 cm³/mol. The third-order valence-electron chi connectivity index (χ3n) is 7.29. The van der Waals surface area contributed by atoms with Crippen LogP contribution >= 0.6 is 46.4 Å². The van der Waals surface area contributed by atoms with Crippen LogP contribution in [0.15, 0.2) is 70.6 Å². The second-order valence-electron chi connectivity index (χ2n) is 12.0. The number of benzene rings is 3. The normalized spacial score (nSPS) is 20.8. The highest BCUT2D eigenvalue weighted by Gasteiger charge is 2.59. The lowest BCUT2D eigenvalue weighted by molar-refractivity contribution is 0.149. The number of hydrogen-bond donors (Lipinski definition) is 1. The first kappa shape index (κ1) is 33.6. The Morgan fingerprint density at radius 3 is 1.91 bits per heavy atom. The van der Waals surface area contributed by atoms with Crippen molar-refractivity contribution in [3.63, 3.8) is 0 Å². The molecule has 3 aromatic carbocycles. The average Bonchev–Trinajstić information content (AvgIpc) is 3.11. The molecule has 0 saturated heterocycles. The number of halogens is 4. The van der Waals surface area contributed by atoms with Gasteiger partial charge in [-0.25, -0.2) is 13.1 Å². The molecule has 3 aromatic rings. The number of amidine groups is 1. The minimum atomic E-state index is -4.11. The molecule has 0 spiro atoms. The van der Waals surface area contributed by atoms with Gasteiger partial charge < -0.3 is 4.74 Å². The molecule has 0 unspecified atom stereocenters. The van der Waals surface area contributed by atoms with Crippen molar-refractivity contribution < 1.29 is 17.9 Å². The zero-order chi connectivity index (χ0) is 32.1. The Hall–Kier alpha value is -2.33. The fourth-order valence-corrected chi connectivity index (χ4v) is 7.73. The predicted octanol–water partition coefficient (Wildman–Crippen LogP) is 8.76. The Morgan fingerprint density at radius 2 is 1.44 bits per heavy atom. The van der Waals surface area contributed by atoms with Gasteiger partial charge in [-0.2, -0.15) is 0 Å². The lowest BCUT2D eigenvalue weighted by Crippen LogP contribution is -2.53. The van der Waals surface area contributed by atoms with Crippen LogP contribution in [0.1, 0.15) is 65.2 Å². The van der Waals surface area contributed by atoms with Crippen LogP contribution < -0.4 is 9.46 Å². The summed E-state index contributed by atoms with van der Waals surface area (Å²) in [7, 11) is -4.11. The summed E-state index contributed by atoms with van der Waals surface area (Å²) < 4.78 is 35.8. The van der Waals surface area contributed by atoms with Crippen molar-refractivity contribution in [2.45, 2.75) is 76.1 Å². The van der Waals surface area contributed by atoms with Gasteiger partial charge in [-0.1, -0.05) is 59.1 Å². The summed E-state index contributed by atoms with van der Waals surface area (Å²) in [5, 5.41) is 0.144. The summed E-state index contributed by atoms with van der Waals surface area (Å²) in [6, 6.07) is 17.0. The summed E-state index contributed by atoms with van der Waals surface area (Å²) in [6.45, 7) is 12.5. The molecule has 43 heavy (non-hydrogen) atoms. The highest BCUT2D eigenvalue weighted by Crippen LogP contribution is 2.54. The molecular weight excluding hydrogens is 652 g/mol. The summed E-state index contributed by atoms with van der Waals surface area (Å²) >= 11 is 25.4. The Balaban J connectivity index is 2.10. The van der Waals surface area contributed by atoms with Gasteiger partial charge in [0.05, 0.1) is 16.7 Å². The van der Waals surface area contributed by atoms with E-state index in [2.05, 4.69) is 4.72 Å². The molecule has 0 saturated carbocycles. The van der Waals surface area contributed by atoms with E-state index in [1.54, 1.807) is 57.2 Å². The topological polar surface area (TPSA) is 88.1 Å². The molecule has 1 aliphatic rings. The molecule has 0 bridgehead atoms. The van der Waals surface area contributed by atoms with E-state index in [1.165, 1.54) is 17.0 Å². The third-order valence-corrected chi connectivity index (χ3v) is 10.2. The molecule has 1 heterocycles. The van der Waals surface area contributed by atoms with Gasteiger partial charge in [0, 0.05) is 21.7 Å². The van der Waals surface area contributed by atoms with Crippen LogP contribution in [0.4, 0.5) is 4.79 Å². The first-order valence-electron chi connectivity index (χ1n) is 13.5. The molecule has 1 aliphatic heterocycles. The molecule has 7 nitrogen and oxygen atoms in total. The van der Waals surface area contributed by atoms with E-state index in [1.807, 2.05) is 39.8 Å². The van der Waals surface area contributed by atoms with E-state index in [4.69, 9.17) is 56.1 Å². The molecule has 0 aliphatic carbocycles. The van der Waals surface area contributed by atoms with E-state index in [0.29, 0.717) is 15.6 Å². The molecule has 2 atom stereocenters. The standard InChI is InChI=1S/C31H33Cl4N3O4S/c1-18(2)42-25-17-24(34)26(43(40,41)37-29(3,4)5)16-23(25)27-36-30(6,19-8-12-21(32)13-9-19)31(7,38(27)28(35)39)20-10-14-22(33)15-11-20/h8-18,37H,1-7H3/t30-,31+/m0/s1. The third kappa shape index (κ3) is 6.42. The zero-order valence-electron chi connectivity index (χ0n) is 24.8. The van der Waals surface area contributed by atoms with Gasteiger partial charge in [-0.15, -0.1) is 0 Å². The molecule has 1 amide bonds. The van der Waals surface area contributed by atoms with Crippen molar-refractivity contribution in [3.8, 4) is 5.75 Å². The number of carbonyl (C=O) groups is 1. The van der Waals surface area contributed by atoms with Gasteiger partial charge >= 0.3 is 5.37 Å². The lowest BCUT2D eigenvalue weighted by atomic mass is 9.71. The average molecular weight is 686 g/mol. The fraction of sp³-hybridized carbons (Fsp3) is 0.355. The Kier molecular flexibility index (Phi) is 9.27. The number of rotatable bonds is 7. The lowest BCUT2D eigenvalue weighted by Gasteiger charge is -2.44. The maximum absolute atomic E-state index is 13.5. The van der Waals surface area contributed by atoms with Crippen molar-refractivity contribution >= 4 is 67.6 Å². The Morgan fingerprint density at radius 1 is 0.930 bits per heavy atom. The maximum Gasteiger partial charge on any atom is 0.322 e. The molecule has 1 N–H and O–H groups in total. The number of carbonyl (C=O) groups excluding carboxylic acids is 1. The number of amides is 1. The summed E-state index contributed by atoms with van der Waals surface area (Å²) in [4.78, 5) is 19.8. The van der Waals surface area contributed by atoms with E-state index in [-0.39, 0.29) is 33.2 Å². The summed E-state index contributed by atoms with van der Waals surface area (Å²) in [6.07, 6.45) is -0.322. The number of aliphatic imine (C=N–C) groups is 1. The maximum atomic E-state index is 13.5. The van der Waals surface area contributed by atoms with Crippen LogP contribution in [0.3, 0.4) is 0 Å². The quantitative estimate of drug-likeness (QED) is 0.199. The smallest absolute Gasteiger partial charge is 0.322 e. The number of nitrogens with zero attached hydrogens (tertiary/aromatic N) is 2. The molecular formula is C31H33Cl4N3O4S. The van der Waals surface area contributed by atoms with Gasteiger partial charge in [-0.05, 0) is 102 Å². The van der Waals surface area contributed by atoms with Crippen LogP contribution in [0.5, 0.6) is 5.75 Å². The highest BCUT2D eigenvalue weighted by molar-refractivity contribution is 7.89. The van der Waals surface area contributed by atoms with Gasteiger partial charge in [-0.3, -0.25) is 14.7 Å². The van der Waals surface area contributed by atoms with E-state index < -0.39 is 32.0 Å². The van der Waals surface area contributed by atoms with Gasteiger partial charge in [0.25, 0.3) is 0 Å². The van der Waals surface area contributed by atoms with Crippen LogP contribution in [-0.4, -0.2) is 36.2 Å². The fourth-order valence-electron chi connectivity index (χ4n) is 5.27. The molecule has 0 radical (unpaired) electrons. The van der Waals surface area contributed by atoms with E-state index >= 15 is 0 Å². The first-order valence-corrected chi connectivity index (χ1v) is 16.5. The van der Waals surface area contributed by atoms with Crippen molar-refractivity contribution in [3.05, 3.63) is 92.4 Å². The van der Waals surface area contributed by atoms with E-state index in [9.17, 15) is 13.2 Å². The Bertz CT molecular complexity index is 1690. The van der Waals surface area contributed by atoms with Crippen LogP contribution in [0, 0.1) is 0 Å². The molecule has 0 aromatic heterocycles. The minimum absolute atomic E-state index is 0.0561. The number of nitrogens with one attached hydrogen (secondary N) is 1. The van der Waals surface area contributed by atoms with Gasteiger partial charge in [0.15, 0.2) is 0 Å². The SMILES string of the molecule is CC(C)Oc1cc(Cl)c(S(=O)(=O)NC(C)(C)C)cc1C1=N[C@@](C)(c2ccc(Cl)cc2)[C@@](C)(c2ccc(Cl)cc2)N1C(=O)Cl. The summed E-state index contributed by atoms with van der Waals surface area (Å²) in [5.41, 5.74) is -1.53. The van der Waals surface area contributed by atoms with Crippen LogP contribution in [0.2, 0.25) is 15.1 Å². The number of hydrogen-bond acceptors (Lipinski definition) is 5. The molecule has 12 heteroatoms. The van der Waals surface area contributed by atoms with Gasteiger partial charge in [0.1, 0.15) is 27.6 Å². The van der Waals surface area contributed by atoms with Crippen LogP contribution in [-0.2, 0) is 21.1 Å². The Labute approximate surface area is 273 Å². The van der Waals surface area contributed by atoms with E-state index in [0.717, 1.165) is 5.56 Å². The zero-order valence-corrected chi connectivity index (χ0v) is 28.6. The monoisotopic (exact) mass is 683 g/mol. The number of ether oxygens (including phenoxy) is 1. The van der Waals surface area contributed by atoms with Crippen LogP contribution in [0.25, 0.3) is 0 Å². The van der Waals surface area contributed by atoms with Crippen molar-refractivity contribution in [1.29, 1.82) is 0 Å².